The van der Waals surface area contributed by atoms with Crippen molar-refractivity contribution in [3.8, 4) is 6.01 Å². The first kappa shape index (κ1) is 17.6. The maximum absolute atomic E-state index is 5.62. The van der Waals surface area contributed by atoms with Crippen LogP contribution in [0.4, 0.5) is 11.1 Å². The zero-order valence-corrected chi connectivity index (χ0v) is 16.0. The lowest BCUT2D eigenvalue weighted by molar-refractivity contribution is 0.221. The fourth-order valence-corrected chi connectivity index (χ4v) is 3.27. The Labute approximate surface area is 158 Å². The van der Waals surface area contributed by atoms with E-state index in [0.717, 1.165) is 5.56 Å². The molecule has 130 valence electrons. The Kier molecular flexibility index (Phi) is 5.84. The van der Waals surface area contributed by atoms with Crippen LogP contribution < -0.4 is 15.4 Å². The molecule has 0 bridgehead atoms. The van der Waals surface area contributed by atoms with Crippen LogP contribution in [-0.2, 0) is 6.54 Å². The SMILES string of the molecule is CC(C)Oc1nc(NCc2ccsc2)nc(C(=S)Nc2nccs2)n1. The summed E-state index contributed by atoms with van der Waals surface area (Å²) in [5.41, 5.74) is 1.15. The standard InChI is InChI=1S/C15H16N6OS3/c1-9(2)22-14-19-11(12(23)20-15-16-4-6-25-15)18-13(21-14)17-7-10-3-5-24-8-10/h3-6,8-9H,7H2,1-2H3,(H,16,20,23)(H,17,18,19,21). The fraction of sp³-hybridized carbons (Fsp3) is 0.267. The van der Waals surface area contributed by atoms with Gasteiger partial charge in [-0.3, -0.25) is 0 Å². The van der Waals surface area contributed by atoms with E-state index in [1.807, 2.05) is 30.7 Å². The number of thiazole rings is 1. The zero-order chi connectivity index (χ0) is 17.6. The quantitative estimate of drug-likeness (QED) is 0.590. The van der Waals surface area contributed by atoms with Crippen molar-refractivity contribution in [1.29, 1.82) is 0 Å². The third-order valence-electron chi connectivity index (χ3n) is 2.84. The fourth-order valence-electron chi connectivity index (χ4n) is 1.81. The van der Waals surface area contributed by atoms with Crippen molar-refractivity contribution >= 4 is 51.0 Å². The van der Waals surface area contributed by atoms with Crippen LogP contribution in [0.15, 0.2) is 28.4 Å². The van der Waals surface area contributed by atoms with Gasteiger partial charge in [0, 0.05) is 18.1 Å². The Morgan fingerprint density at radius 2 is 2.16 bits per heavy atom. The Bertz CT molecular complexity index is 820. The van der Waals surface area contributed by atoms with Crippen LogP contribution in [0.5, 0.6) is 6.01 Å². The molecule has 7 nitrogen and oxygen atoms in total. The maximum atomic E-state index is 5.62. The third kappa shape index (κ3) is 5.15. The molecule has 0 atom stereocenters. The third-order valence-corrected chi connectivity index (χ3v) is 4.55. The van der Waals surface area contributed by atoms with Gasteiger partial charge in [0.1, 0.15) is 0 Å². The highest BCUT2D eigenvalue weighted by Gasteiger charge is 2.13. The van der Waals surface area contributed by atoms with Gasteiger partial charge in [0.25, 0.3) is 0 Å². The van der Waals surface area contributed by atoms with Crippen LogP contribution in [0.3, 0.4) is 0 Å². The van der Waals surface area contributed by atoms with Crippen molar-refractivity contribution in [3.05, 3.63) is 39.8 Å². The molecule has 0 saturated heterocycles. The lowest BCUT2D eigenvalue weighted by Crippen LogP contribution is -2.19. The molecule has 0 spiro atoms. The summed E-state index contributed by atoms with van der Waals surface area (Å²) in [6.45, 7) is 4.43. The second-order valence-electron chi connectivity index (χ2n) is 5.21. The van der Waals surface area contributed by atoms with E-state index in [-0.39, 0.29) is 12.1 Å². The number of anilines is 2. The number of thiocarbonyl (C=S) groups is 1. The van der Waals surface area contributed by atoms with Crippen molar-refractivity contribution in [2.24, 2.45) is 0 Å². The lowest BCUT2D eigenvalue weighted by atomic mass is 10.3. The van der Waals surface area contributed by atoms with Crippen molar-refractivity contribution in [3.63, 3.8) is 0 Å². The van der Waals surface area contributed by atoms with Gasteiger partial charge >= 0.3 is 6.01 Å². The highest BCUT2D eigenvalue weighted by atomic mass is 32.1. The average Bonchev–Trinajstić information content (AvgIpc) is 3.25. The zero-order valence-electron chi connectivity index (χ0n) is 13.6. The minimum atomic E-state index is -0.0551. The molecule has 25 heavy (non-hydrogen) atoms. The largest absolute Gasteiger partial charge is 0.461 e. The van der Waals surface area contributed by atoms with Crippen LogP contribution in [0.1, 0.15) is 25.2 Å². The number of aromatic nitrogens is 4. The molecular weight excluding hydrogens is 376 g/mol. The van der Waals surface area contributed by atoms with Crippen LogP contribution in [0.25, 0.3) is 0 Å². The molecular formula is C15H16N6OS3. The van der Waals surface area contributed by atoms with Gasteiger partial charge in [-0.15, -0.1) is 11.3 Å². The highest BCUT2D eigenvalue weighted by Crippen LogP contribution is 2.15. The summed E-state index contributed by atoms with van der Waals surface area (Å²) in [6, 6.07) is 2.27. The van der Waals surface area contributed by atoms with E-state index in [4.69, 9.17) is 17.0 Å². The first-order chi connectivity index (χ1) is 12.1. The van der Waals surface area contributed by atoms with E-state index in [1.54, 1.807) is 17.5 Å². The number of hydrogen-bond acceptors (Lipinski definition) is 9. The number of hydrogen-bond donors (Lipinski definition) is 2. The summed E-state index contributed by atoms with van der Waals surface area (Å²) in [6.07, 6.45) is 1.64. The van der Waals surface area contributed by atoms with Crippen LogP contribution >= 0.6 is 34.9 Å². The molecule has 3 rings (SSSR count). The van der Waals surface area contributed by atoms with Gasteiger partial charge in [-0.1, -0.05) is 12.2 Å². The normalized spacial score (nSPS) is 10.7. The molecule has 10 heteroatoms. The van der Waals surface area contributed by atoms with Crippen molar-refractivity contribution < 1.29 is 4.74 Å². The first-order valence-corrected chi connectivity index (χ1v) is 9.72. The number of rotatable bonds is 7. The van der Waals surface area contributed by atoms with Gasteiger partial charge < -0.3 is 15.4 Å². The summed E-state index contributed by atoms with van der Waals surface area (Å²) in [7, 11) is 0. The van der Waals surface area contributed by atoms with Crippen LogP contribution in [0.2, 0.25) is 0 Å². The molecule has 0 aromatic carbocycles. The van der Waals surface area contributed by atoms with Gasteiger partial charge in [0.15, 0.2) is 15.9 Å². The molecule has 0 amide bonds. The van der Waals surface area contributed by atoms with Gasteiger partial charge in [-0.25, -0.2) is 4.98 Å². The van der Waals surface area contributed by atoms with Crippen molar-refractivity contribution in [1.82, 2.24) is 19.9 Å². The van der Waals surface area contributed by atoms with Gasteiger partial charge in [0.2, 0.25) is 5.95 Å². The summed E-state index contributed by atoms with van der Waals surface area (Å²) in [5, 5.41) is 12.8. The molecule has 0 fully saturated rings. The Morgan fingerprint density at radius 3 is 2.84 bits per heavy atom. The molecule has 3 aromatic heterocycles. The number of nitrogens with one attached hydrogen (secondary N) is 2. The lowest BCUT2D eigenvalue weighted by Gasteiger charge is -2.12. The minimum absolute atomic E-state index is 0.0551. The number of thiophene rings is 1. The summed E-state index contributed by atoms with van der Waals surface area (Å²) < 4.78 is 5.62. The monoisotopic (exact) mass is 392 g/mol. The van der Waals surface area contributed by atoms with E-state index in [0.29, 0.717) is 28.4 Å². The molecule has 2 N–H and O–H groups in total. The molecule has 3 aromatic rings. The molecule has 0 aliphatic heterocycles. The Morgan fingerprint density at radius 1 is 1.28 bits per heavy atom. The van der Waals surface area contributed by atoms with Gasteiger partial charge in [-0.2, -0.15) is 26.3 Å². The van der Waals surface area contributed by atoms with E-state index in [2.05, 4.69) is 35.9 Å². The predicted molar refractivity (Wildman–Crippen MR) is 105 cm³/mol. The highest BCUT2D eigenvalue weighted by molar-refractivity contribution is 7.81. The maximum Gasteiger partial charge on any atom is 0.322 e. The Hall–Kier alpha value is -2.17. The molecule has 0 saturated carbocycles. The second kappa shape index (κ2) is 8.28. The Balaban J connectivity index is 1.79. The van der Waals surface area contributed by atoms with E-state index < -0.39 is 0 Å². The van der Waals surface area contributed by atoms with Gasteiger partial charge in [0.05, 0.1) is 6.10 Å². The second-order valence-corrected chi connectivity index (χ2v) is 7.29. The molecule has 3 heterocycles. The summed E-state index contributed by atoms with van der Waals surface area (Å²) in [5.74, 6) is 0.749. The number of nitrogens with zero attached hydrogens (tertiary/aromatic N) is 4. The van der Waals surface area contributed by atoms with Crippen molar-refractivity contribution in [2.45, 2.75) is 26.5 Å². The number of ether oxygens (including phenoxy) is 1. The van der Waals surface area contributed by atoms with Gasteiger partial charge in [-0.05, 0) is 36.2 Å². The topological polar surface area (TPSA) is 84.9 Å². The van der Waals surface area contributed by atoms with E-state index >= 15 is 0 Å². The van der Waals surface area contributed by atoms with E-state index in [9.17, 15) is 0 Å². The smallest absolute Gasteiger partial charge is 0.322 e. The predicted octanol–water partition coefficient (Wildman–Crippen LogP) is 3.58. The molecule has 0 radical (unpaired) electrons. The molecule has 0 aliphatic carbocycles. The average molecular weight is 393 g/mol. The molecule has 0 aliphatic rings. The summed E-state index contributed by atoms with van der Waals surface area (Å²) in [4.78, 5) is 17.5. The van der Waals surface area contributed by atoms with Crippen LogP contribution in [-0.4, -0.2) is 31.0 Å². The summed E-state index contributed by atoms with van der Waals surface area (Å²) >= 11 is 8.48. The minimum Gasteiger partial charge on any atom is -0.461 e. The first-order valence-electron chi connectivity index (χ1n) is 7.48. The van der Waals surface area contributed by atoms with E-state index in [1.165, 1.54) is 11.3 Å². The van der Waals surface area contributed by atoms with Crippen molar-refractivity contribution in [2.75, 3.05) is 10.6 Å². The van der Waals surface area contributed by atoms with Crippen LogP contribution in [0, 0.1) is 0 Å². The molecule has 0 unspecified atom stereocenters.